The van der Waals surface area contributed by atoms with Gasteiger partial charge in [-0.3, -0.25) is 0 Å². The minimum Gasteiger partial charge on any atom is -0.334 e. The van der Waals surface area contributed by atoms with Crippen LogP contribution in [0.15, 0.2) is 188 Å². The van der Waals surface area contributed by atoms with Gasteiger partial charge in [-0.1, -0.05) is 147 Å². The summed E-state index contributed by atoms with van der Waals surface area (Å²) in [4.78, 5) is 2.55. The Balaban J connectivity index is 1.07. The summed E-state index contributed by atoms with van der Waals surface area (Å²) in [7, 11) is 0. The average molecular weight is 681 g/mol. The average Bonchev–Trinajstić information content (AvgIpc) is 3.67. The highest BCUT2D eigenvalue weighted by Gasteiger charge is 2.36. The van der Waals surface area contributed by atoms with E-state index in [1.807, 2.05) is 0 Å². The van der Waals surface area contributed by atoms with Crippen molar-refractivity contribution in [2.75, 3.05) is 4.90 Å². The quantitative estimate of drug-likeness (QED) is 0.170. The summed E-state index contributed by atoms with van der Waals surface area (Å²) in [6.45, 7) is 4.73. The number of allylic oxidation sites excluding steroid dienone is 2. The van der Waals surface area contributed by atoms with Crippen molar-refractivity contribution in [1.29, 1.82) is 0 Å². The van der Waals surface area contributed by atoms with Gasteiger partial charge < -0.3 is 9.47 Å². The van der Waals surface area contributed by atoms with Crippen LogP contribution in [0.25, 0.3) is 55.3 Å². The zero-order valence-corrected chi connectivity index (χ0v) is 30.1. The molecule has 2 heteroatoms. The second-order valence-electron chi connectivity index (χ2n) is 14.9. The van der Waals surface area contributed by atoms with E-state index in [2.05, 4.69) is 211 Å². The van der Waals surface area contributed by atoms with E-state index in [0.29, 0.717) is 0 Å². The van der Waals surface area contributed by atoms with Gasteiger partial charge >= 0.3 is 0 Å². The molecule has 1 atom stereocenters. The van der Waals surface area contributed by atoms with E-state index in [4.69, 9.17) is 0 Å². The number of hydrogen-bond donors (Lipinski definition) is 0. The maximum Gasteiger partial charge on any atom is 0.0565 e. The van der Waals surface area contributed by atoms with Gasteiger partial charge in [0.25, 0.3) is 0 Å². The lowest BCUT2D eigenvalue weighted by Crippen LogP contribution is -2.30. The minimum absolute atomic E-state index is 0.0722. The topological polar surface area (TPSA) is 8.17 Å². The number of hydrogen-bond acceptors (Lipinski definition) is 1. The number of para-hydroxylation sites is 2. The summed E-state index contributed by atoms with van der Waals surface area (Å²) in [5.41, 5.74) is 16.4. The zero-order chi connectivity index (χ0) is 35.5. The third kappa shape index (κ3) is 5.17. The lowest BCUT2D eigenvalue weighted by atomic mass is 9.82. The second kappa shape index (κ2) is 12.4. The Morgan fingerprint density at radius 3 is 2.02 bits per heavy atom. The van der Waals surface area contributed by atoms with Crippen molar-refractivity contribution in [3.05, 3.63) is 205 Å². The first-order chi connectivity index (χ1) is 26.0. The van der Waals surface area contributed by atoms with Gasteiger partial charge in [-0.05, 0) is 106 Å². The first-order valence-corrected chi connectivity index (χ1v) is 18.7. The van der Waals surface area contributed by atoms with Gasteiger partial charge in [0.05, 0.1) is 17.1 Å². The molecule has 0 spiro atoms. The fraction of sp³-hybridized carbons (Fsp3) is 0.0980. The molecule has 2 nitrogen and oxygen atoms in total. The molecule has 0 saturated carbocycles. The van der Waals surface area contributed by atoms with E-state index in [-0.39, 0.29) is 11.5 Å². The number of benzene rings is 7. The number of anilines is 2. The van der Waals surface area contributed by atoms with Gasteiger partial charge in [0.15, 0.2) is 0 Å². The Hall–Kier alpha value is -6.38. The van der Waals surface area contributed by atoms with E-state index < -0.39 is 0 Å². The lowest BCUT2D eigenvalue weighted by Gasteiger charge is -2.34. The number of aromatic nitrogens is 1. The molecule has 1 unspecified atom stereocenters. The molecular formula is C51H40N2. The predicted molar refractivity (Wildman–Crippen MR) is 224 cm³/mol. The van der Waals surface area contributed by atoms with E-state index in [1.54, 1.807) is 0 Å². The molecule has 8 aromatic rings. The smallest absolute Gasteiger partial charge is 0.0565 e. The summed E-state index contributed by atoms with van der Waals surface area (Å²) >= 11 is 0. The van der Waals surface area contributed by atoms with Crippen LogP contribution in [-0.4, -0.2) is 10.6 Å². The fourth-order valence-electron chi connectivity index (χ4n) is 8.86. The monoisotopic (exact) mass is 680 g/mol. The van der Waals surface area contributed by atoms with Crippen LogP contribution in [0.2, 0.25) is 0 Å². The molecule has 1 aromatic heterocycles. The highest BCUT2D eigenvalue weighted by atomic mass is 15.2. The van der Waals surface area contributed by atoms with Gasteiger partial charge in [-0.25, -0.2) is 0 Å². The molecule has 7 aromatic carbocycles. The van der Waals surface area contributed by atoms with Gasteiger partial charge in [-0.2, -0.15) is 0 Å². The van der Waals surface area contributed by atoms with Crippen molar-refractivity contribution in [3.63, 3.8) is 0 Å². The van der Waals surface area contributed by atoms with Crippen molar-refractivity contribution in [1.82, 2.24) is 4.57 Å². The van der Waals surface area contributed by atoms with Gasteiger partial charge in [0, 0.05) is 33.2 Å². The summed E-state index contributed by atoms with van der Waals surface area (Å²) in [6.07, 6.45) is 8.00. The molecule has 0 bridgehead atoms. The van der Waals surface area contributed by atoms with Crippen LogP contribution >= 0.6 is 0 Å². The molecule has 1 heterocycles. The third-order valence-electron chi connectivity index (χ3n) is 11.5. The van der Waals surface area contributed by atoms with Crippen molar-refractivity contribution >= 4 is 38.8 Å². The largest absolute Gasteiger partial charge is 0.334 e. The second-order valence-corrected chi connectivity index (χ2v) is 14.9. The van der Waals surface area contributed by atoms with Crippen LogP contribution in [0.4, 0.5) is 11.4 Å². The van der Waals surface area contributed by atoms with Crippen LogP contribution in [0.3, 0.4) is 0 Å². The first-order valence-electron chi connectivity index (χ1n) is 18.7. The lowest BCUT2D eigenvalue weighted by molar-refractivity contribution is 0.659. The Kier molecular flexibility index (Phi) is 7.33. The maximum atomic E-state index is 2.55. The van der Waals surface area contributed by atoms with E-state index in [9.17, 15) is 0 Å². The van der Waals surface area contributed by atoms with Gasteiger partial charge in [0.1, 0.15) is 0 Å². The van der Waals surface area contributed by atoms with E-state index >= 15 is 0 Å². The van der Waals surface area contributed by atoms with Crippen LogP contribution in [0, 0.1) is 0 Å². The van der Waals surface area contributed by atoms with Crippen molar-refractivity contribution in [2.45, 2.75) is 31.7 Å². The van der Waals surface area contributed by atoms with E-state index in [0.717, 1.165) is 6.42 Å². The molecule has 53 heavy (non-hydrogen) atoms. The molecule has 0 radical (unpaired) electrons. The number of nitrogens with zero attached hydrogens (tertiary/aromatic N) is 2. The molecule has 10 rings (SSSR count). The molecule has 2 aliphatic rings. The summed E-state index contributed by atoms with van der Waals surface area (Å²) in [6, 6.07) is 62.5. The van der Waals surface area contributed by atoms with Crippen LogP contribution < -0.4 is 4.90 Å². The molecule has 0 N–H and O–H groups in total. The molecule has 0 amide bonds. The summed E-state index contributed by atoms with van der Waals surface area (Å²) in [5, 5.41) is 2.53. The third-order valence-corrected chi connectivity index (χ3v) is 11.5. The van der Waals surface area contributed by atoms with Crippen LogP contribution in [0.1, 0.15) is 37.0 Å². The fourth-order valence-corrected chi connectivity index (χ4v) is 8.86. The molecule has 254 valence electrons. The Morgan fingerprint density at radius 1 is 0.528 bits per heavy atom. The highest BCUT2D eigenvalue weighted by molar-refractivity contribution is 6.10. The van der Waals surface area contributed by atoms with Crippen molar-refractivity contribution in [2.24, 2.45) is 0 Å². The molecule has 0 fully saturated rings. The number of rotatable bonds is 6. The molecule has 0 aliphatic heterocycles. The highest BCUT2D eigenvalue weighted by Crippen LogP contribution is 2.50. The first kappa shape index (κ1) is 31.4. The molecular weight excluding hydrogens is 641 g/mol. The van der Waals surface area contributed by atoms with Crippen molar-refractivity contribution < 1.29 is 0 Å². The Bertz CT molecular complexity index is 2710. The molecule has 0 saturated heterocycles. The summed E-state index contributed by atoms with van der Waals surface area (Å²) < 4.78 is 2.38. The van der Waals surface area contributed by atoms with E-state index in [1.165, 1.54) is 83.4 Å². The predicted octanol–water partition coefficient (Wildman–Crippen LogP) is 13.3. The Morgan fingerprint density at radius 2 is 1.19 bits per heavy atom. The Labute approximate surface area is 311 Å². The van der Waals surface area contributed by atoms with Crippen molar-refractivity contribution in [3.8, 4) is 27.9 Å². The van der Waals surface area contributed by atoms with Gasteiger partial charge in [-0.15, -0.1) is 0 Å². The maximum absolute atomic E-state index is 2.55. The minimum atomic E-state index is -0.0722. The standard InChI is InChI=1S/C51H40N2/c1-51(2)47-22-11-9-20-43(47)44-30-29-42(34-48(44)51)52(41-19-13-16-37(32-41)35-14-5-3-6-15-35)40-27-24-36(25-28-40)38-26-31-50-46(33-38)45-21-10-12-23-49(45)53(50)39-17-7-4-8-18-39/h3-18,20-34,41H,19H2,1-2H3. The van der Waals surface area contributed by atoms with Crippen LogP contribution in [-0.2, 0) is 5.41 Å². The van der Waals surface area contributed by atoms with Crippen LogP contribution in [0.5, 0.6) is 0 Å². The van der Waals surface area contributed by atoms with Gasteiger partial charge in [0.2, 0.25) is 0 Å². The SMILES string of the molecule is CC1(C)c2ccccc2-c2ccc(N(c3ccc(-c4ccc5c(c4)c4ccccc4n5-c4ccccc4)cc3)C3C=C(c4ccccc4)C=CC3)cc21. The summed E-state index contributed by atoms with van der Waals surface area (Å²) in [5.74, 6) is 0. The zero-order valence-electron chi connectivity index (χ0n) is 30.1. The molecule has 2 aliphatic carbocycles. The normalized spacial score (nSPS) is 15.7. The number of fused-ring (bicyclic) bond motifs is 6.